The molecule has 0 atom stereocenters. The largest absolute Gasteiger partial charge is 2.00 e. The molecule has 0 aromatic carbocycles. The molecule has 21 heavy (non-hydrogen) atoms. The molecule has 0 radical (unpaired) electrons. The maximum absolute atomic E-state index is 8.88. The molecule has 0 aliphatic heterocycles. The topological polar surface area (TPSA) is 270 Å². The average molecular weight is 908 g/mol. The number of hydrogen-bond acceptors (Lipinski definition) is 8. The Kier molecular flexibility index (Phi) is 50.5. The van der Waals surface area contributed by atoms with E-state index in [1.807, 2.05) is 0 Å². The predicted molar refractivity (Wildman–Crippen MR) is 46.0 cm³/mol. The van der Waals surface area contributed by atoms with Gasteiger partial charge in [-0.3, -0.25) is 0 Å². The van der Waals surface area contributed by atoms with Gasteiger partial charge >= 0.3 is 72.0 Å². The van der Waals surface area contributed by atoms with Crippen LogP contribution in [0.1, 0.15) is 0 Å². The van der Waals surface area contributed by atoms with Gasteiger partial charge in [0.2, 0.25) is 0 Å². The molecule has 0 spiro atoms. The minimum atomic E-state index is -4.64. The first-order valence-electron chi connectivity index (χ1n) is 2.57. The second-order valence-electron chi connectivity index (χ2n) is 1.43. The number of rotatable bonds is 0. The van der Waals surface area contributed by atoms with E-state index in [2.05, 4.69) is 0 Å². The first-order chi connectivity index (χ1) is 7.46. The molecule has 136 valence electrons. The summed E-state index contributed by atoms with van der Waals surface area (Å²) in [6.45, 7) is 0. The summed E-state index contributed by atoms with van der Waals surface area (Å²) < 4.78 is 69.4. The molecular formula is H6O14P2S2W3-6. The van der Waals surface area contributed by atoms with Gasteiger partial charge in [-0.1, -0.05) is 0 Å². The Labute approximate surface area is 157 Å². The van der Waals surface area contributed by atoms with Crippen molar-refractivity contribution in [1.29, 1.82) is 0 Å². The first-order valence-corrected chi connectivity index (χ1v) is 12.9. The van der Waals surface area contributed by atoms with E-state index >= 15 is 0 Å². The van der Waals surface area contributed by atoms with Crippen LogP contribution in [0, 0.1) is 0 Å². The van der Waals surface area contributed by atoms with Gasteiger partial charge in [-0.05, 0) is 0 Å². The minimum absolute atomic E-state index is 0. The van der Waals surface area contributed by atoms with E-state index in [4.69, 9.17) is 59.6 Å². The Morgan fingerprint density at radius 2 is 0.619 bits per heavy atom. The fourth-order valence-electron chi connectivity index (χ4n) is 0. The van der Waals surface area contributed by atoms with Crippen LogP contribution in [0.4, 0.5) is 0 Å². The molecule has 0 saturated carbocycles. The summed E-state index contributed by atoms with van der Waals surface area (Å²) in [6.07, 6.45) is 0. The quantitative estimate of drug-likeness (QED) is 0.125. The van der Waals surface area contributed by atoms with Crippen LogP contribution < -0.4 is 7.52 Å². The van der Waals surface area contributed by atoms with Crippen molar-refractivity contribution in [2.75, 3.05) is 0 Å². The summed E-state index contributed by atoms with van der Waals surface area (Å²) in [5.41, 5.74) is 0. The molecule has 0 saturated heterocycles. The summed E-state index contributed by atoms with van der Waals surface area (Å²) >= 11 is -8.56. The molecule has 0 fully saturated rings. The Morgan fingerprint density at radius 1 is 0.619 bits per heavy atom. The predicted octanol–water partition coefficient (Wildman–Crippen LogP) is -4.72. The van der Waals surface area contributed by atoms with Gasteiger partial charge in [0.1, 0.15) is 0 Å². The molecule has 14 nitrogen and oxygen atoms in total. The zero-order valence-corrected chi connectivity index (χ0v) is 21.1. The van der Waals surface area contributed by atoms with Crippen molar-refractivity contribution in [3.8, 4) is 0 Å². The van der Waals surface area contributed by atoms with E-state index < -0.39 is 50.9 Å². The molecule has 0 bridgehead atoms. The van der Waals surface area contributed by atoms with Crippen LogP contribution in [0.2, 0.25) is 0 Å². The number of hydrogen-bond donors (Lipinski definition) is 6. The summed E-state index contributed by atoms with van der Waals surface area (Å²) in [4.78, 5) is 43.1. The van der Waals surface area contributed by atoms with Crippen molar-refractivity contribution in [2.24, 2.45) is 0 Å². The first kappa shape index (κ1) is 43.5. The Bertz CT molecular complexity index is 339. The van der Waals surface area contributed by atoms with Crippen LogP contribution in [0.3, 0.4) is 0 Å². The second-order valence-corrected chi connectivity index (χ2v) is 6.42. The summed E-state index contributed by atoms with van der Waals surface area (Å²) in [7, 11) is -9.28. The normalized spacial score (nSPS) is 8.00. The average Bonchev–Trinajstić information content (AvgIpc) is 1.70. The van der Waals surface area contributed by atoms with Crippen LogP contribution in [0.25, 0.3) is 0 Å². The smallest absolute Gasteiger partial charge is 0 e. The maximum atomic E-state index is 8.88. The summed E-state index contributed by atoms with van der Waals surface area (Å²) in [6, 6.07) is 0. The van der Waals surface area contributed by atoms with E-state index in [-0.39, 0.29) is 48.1 Å². The van der Waals surface area contributed by atoms with Gasteiger partial charge in [0, 0.05) is 21.1 Å². The van der Waals surface area contributed by atoms with E-state index in [1.165, 1.54) is 0 Å². The molecule has 6 N–H and O–H groups in total. The molecule has 0 unspecified atom stereocenters. The molecule has 0 aromatic heterocycles. The Morgan fingerprint density at radius 3 is 0.619 bits per heavy atom. The van der Waals surface area contributed by atoms with Crippen molar-refractivity contribution in [2.45, 2.75) is 0 Å². The van der Waals surface area contributed by atoms with Gasteiger partial charge in [0.15, 0.2) is 0 Å². The van der Waals surface area contributed by atoms with Crippen LogP contribution in [0.5, 0.6) is 0 Å². The Balaban J connectivity index is -0.0000000239. The van der Waals surface area contributed by atoms with Crippen LogP contribution >= 0.6 is 15.6 Å². The second kappa shape index (κ2) is 24.4. The van der Waals surface area contributed by atoms with Crippen molar-refractivity contribution in [3.05, 3.63) is 0 Å². The molecular weight excluding hydrogens is 902 g/mol. The molecule has 0 aromatic rings. The van der Waals surface area contributed by atoms with E-state index in [0.717, 1.165) is 0 Å². The van der Waals surface area contributed by atoms with E-state index in [0.29, 0.717) is 0 Å². The molecule has 0 heterocycles. The third-order valence-corrected chi connectivity index (χ3v) is 0. The molecule has 0 aliphatic rings. The van der Waals surface area contributed by atoms with E-state index in [1.54, 1.807) is 0 Å². The number of phosphoric acid groups is 2. The van der Waals surface area contributed by atoms with Gasteiger partial charge in [0.05, 0.1) is 0 Å². The van der Waals surface area contributed by atoms with Gasteiger partial charge in [0.25, 0.3) is 0 Å². The minimum Gasteiger partial charge on any atom is -2.00 e. The van der Waals surface area contributed by atoms with Crippen LogP contribution in [-0.4, -0.2) is 29.4 Å². The van der Waals surface area contributed by atoms with Crippen molar-refractivity contribution in [3.63, 3.8) is 0 Å². The molecule has 0 rings (SSSR count). The van der Waals surface area contributed by atoms with Crippen molar-refractivity contribution < 1.29 is 116 Å². The van der Waals surface area contributed by atoms with Gasteiger partial charge in [-0.25, -0.2) is 9.13 Å². The van der Waals surface area contributed by atoms with E-state index in [9.17, 15) is 0 Å². The van der Waals surface area contributed by atoms with Gasteiger partial charge in [-0.2, -0.15) is 0 Å². The summed E-state index contributed by atoms with van der Waals surface area (Å²) in [5.74, 6) is 0. The SMILES string of the molecule is O=P(O)(O)O.O=P(O)(O)O.[O]=[W](=[O])[O-].[O]=[W](=[O])[O-].[S-2].[S-2].[W]. The standard InChI is InChI=1S/2H3O4P.6O.2S.3W/c2*1-5(2,3)4;;;;;;;;;;;/h2*(H3,1,2,3,4);;;;;;;;;;;/q;;;;;;2*-1;2*-2;;;. The molecule has 21 heteroatoms. The fraction of sp³-hybridized carbons (Fsp3) is 0. The monoisotopic (exact) mass is 908 g/mol. The molecule has 0 amide bonds. The third-order valence-electron chi connectivity index (χ3n) is 0. The van der Waals surface area contributed by atoms with Gasteiger partial charge < -0.3 is 56.4 Å². The van der Waals surface area contributed by atoms with Crippen molar-refractivity contribution in [1.82, 2.24) is 0 Å². The Hall–Kier alpha value is 2.10. The van der Waals surface area contributed by atoms with Crippen LogP contribution in [0.15, 0.2) is 0 Å². The molecule has 0 aliphatic carbocycles. The zero-order valence-electron chi connectivity index (χ0n) is 8.88. The zero-order chi connectivity index (χ0) is 16.2. The maximum Gasteiger partial charge on any atom is 0 e. The van der Waals surface area contributed by atoms with Crippen LogP contribution in [-0.2, 0) is 106 Å². The van der Waals surface area contributed by atoms with Gasteiger partial charge in [-0.15, -0.1) is 0 Å². The third kappa shape index (κ3) is 2020. The fourth-order valence-corrected chi connectivity index (χ4v) is 0. The summed E-state index contributed by atoms with van der Waals surface area (Å²) in [5, 5.41) is 0. The van der Waals surface area contributed by atoms with Crippen molar-refractivity contribution >= 4 is 42.6 Å².